The topological polar surface area (TPSA) is 89.6 Å². The van der Waals surface area contributed by atoms with E-state index < -0.39 is 4.92 Å². The summed E-state index contributed by atoms with van der Waals surface area (Å²) in [5, 5.41) is 15.8. The Balaban J connectivity index is 1.66. The molecule has 0 aliphatic rings. The number of benzene rings is 2. The Morgan fingerprint density at radius 3 is 2.71 bits per heavy atom. The van der Waals surface area contributed by atoms with E-state index in [1.165, 1.54) is 12.1 Å². The van der Waals surface area contributed by atoms with E-state index in [1.54, 1.807) is 43.4 Å². The van der Waals surface area contributed by atoms with Gasteiger partial charge in [0, 0.05) is 29.6 Å². The van der Waals surface area contributed by atoms with E-state index >= 15 is 0 Å². The largest absolute Gasteiger partial charge is 0.496 e. The first kappa shape index (κ1) is 19.4. The molecule has 0 saturated carbocycles. The van der Waals surface area contributed by atoms with E-state index in [0.717, 1.165) is 27.7 Å². The number of nitrogens with zero attached hydrogens (tertiary/aromatic N) is 3. The summed E-state index contributed by atoms with van der Waals surface area (Å²) in [6, 6.07) is 17.7. The summed E-state index contributed by atoms with van der Waals surface area (Å²) in [6.45, 7) is 0. The molecule has 0 atom stereocenters. The molecule has 0 bridgehead atoms. The molecule has 0 spiro atoms. The van der Waals surface area contributed by atoms with Crippen LogP contribution in [0, 0.1) is 10.1 Å². The maximum atomic E-state index is 10.7. The first-order valence-corrected chi connectivity index (χ1v) is 9.38. The SMILES string of the molecule is COc1ccc(/C=N\Nc2ccc([N+](=O)[O-])cc2)cc1CSc1ccccn1. The highest BCUT2D eigenvalue weighted by Crippen LogP contribution is 2.27. The lowest BCUT2D eigenvalue weighted by Gasteiger charge is -2.09. The van der Waals surface area contributed by atoms with Gasteiger partial charge in [0.15, 0.2) is 0 Å². The molecule has 28 heavy (non-hydrogen) atoms. The average Bonchev–Trinajstić information content (AvgIpc) is 2.73. The number of ether oxygens (including phenoxy) is 1. The summed E-state index contributed by atoms with van der Waals surface area (Å²) in [5.41, 5.74) is 5.52. The Kier molecular flexibility index (Phi) is 6.59. The van der Waals surface area contributed by atoms with Gasteiger partial charge >= 0.3 is 0 Å². The van der Waals surface area contributed by atoms with Crippen molar-refractivity contribution in [2.45, 2.75) is 10.8 Å². The molecule has 0 saturated heterocycles. The Labute approximate surface area is 166 Å². The van der Waals surface area contributed by atoms with Gasteiger partial charge in [-0.3, -0.25) is 15.5 Å². The zero-order valence-electron chi connectivity index (χ0n) is 15.1. The Morgan fingerprint density at radius 2 is 2.04 bits per heavy atom. The lowest BCUT2D eigenvalue weighted by molar-refractivity contribution is -0.384. The van der Waals surface area contributed by atoms with Crippen LogP contribution in [-0.4, -0.2) is 23.2 Å². The fraction of sp³-hybridized carbons (Fsp3) is 0.100. The summed E-state index contributed by atoms with van der Waals surface area (Å²) >= 11 is 1.63. The molecule has 0 aliphatic heterocycles. The maximum absolute atomic E-state index is 10.7. The molecule has 3 rings (SSSR count). The maximum Gasteiger partial charge on any atom is 0.269 e. The molecule has 142 valence electrons. The number of thioether (sulfide) groups is 1. The van der Waals surface area contributed by atoms with Crippen molar-refractivity contribution in [3.05, 3.63) is 88.1 Å². The summed E-state index contributed by atoms with van der Waals surface area (Å²) in [6.07, 6.45) is 3.46. The number of nitro benzene ring substituents is 1. The number of aromatic nitrogens is 1. The van der Waals surface area contributed by atoms with Crippen LogP contribution >= 0.6 is 11.8 Å². The highest BCUT2D eigenvalue weighted by atomic mass is 32.2. The van der Waals surface area contributed by atoms with Gasteiger partial charge in [-0.15, -0.1) is 11.8 Å². The number of hydrazone groups is 1. The van der Waals surface area contributed by atoms with E-state index in [2.05, 4.69) is 15.5 Å². The van der Waals surface area contributed by atoms with Crippen molar-refractivity contribution in [2.24, 2.45) is 5.10 Å². The average molecular weight is 394 g/mol. The number of rotatable bonds is 8. The number of anilines is 1. The quantitative estimate of drug-likeness (QED) is 0.257. The van der Waals surface area contributed by atoms with Crippen LogP contribution < -0.4 is 10.2 Å². The van der Waals surface area contributed by atoms with Crippen LogP contribution in [0.2, 0.25) is 0 Å². The van der Waals surface area contributed by atoms with Gasteiger partial charge in [0.1, 0.15) is 5.75 Å². The van der Waals surface area contributed by atoms with Gasteiger partial charge in [-0.2, -0.15) is 5.10 Å². The molecule has 0 aliphatic carbocycles. The molecule has 0 fully saturated rings. The molecule has 1 heterocycles. The van der Waals surface area contributed by atoms with Gasteiger partial charge in [0.2, 0.25) is 0 Å². The zero-order chi connectivity index (χ0) is 19.8. The zero-order valence-corrected chi connectivity index (χ0v) is 15.9. The molecule has 1 aromatic heterocycles. The predicted octanol–water partition coefficient (Wildman–Crippen LogP) is 4.74. The van der Waals surface area contributed by atoms with Gasteiger partial charge in [0.25, 0.3) is 5.69 Å². The minimum atomic E-state index is -0.436. The third-order valence-electron chi connectivity index (χ3n) is 3.80. The molecular formula is C20H18N4O3S. The van der Waals surface area contributed by atoms with Crippen LogP contribution in [0.5, 0.6) is 5.75 Å². The number of pyridine rings is 1. The molecular weight excluding hydrogens is 376 g/mol. The molecule has 2 aromatic carbocycles. The van der Waals surface area contributed by atoms with Gasteiger partial charge in [-0.1, -0.05) is 6.07 Å². The van der Waals surface area contributed by atoms with Gasteiger partial charge in [-0.05, 0) is 48.0 Å². The summed E-state index contributed by atoms with van der Waals surface area (Å²) in [4.78, 5) is 14.6. The van der Waals surface area contributed by atoms with Crippen LogP contribution in [0.15, 0.2) is 77.0 Å². The number of non-ortho nitro benzene ring substituents is 1. The molecule has 3 aromatic rings. The van der Waals surface area contributed by atoms with Crippen molar-refractivity contribution < 1.29 is 9.66 Å². The van der Waals surface area contributed by atoms with Crippen LogP contribution in [0.25, 0.3) is 0 Å². The third kappa shape index (κ3) is 5.31. The van der Waals surface area contributed by atoms with E-state index in [1.807, 2.05) is 36.4 Å². The third-order valence-corrected chi connectivity index (χ3v) is 4.80. The van der Waals surface area contributed by atoms with Crippen molar-refractivity contribution in [3.63, 3.8) is 0 Å². The Bertz CT molecular complexity index is 963. The van der Waals surface area contributed by atoms with Crippen molar-refractivity contribution in [1.82, 2.24) is 4.98 Å². The van der Waals surface area contributed by atoms with Gasteiger partial charge in [0.05, 0.1) is 29.0 Å². The minimum Gasteiger partial charge on any atom is -0.496 e. The normalized spacial score (nSPS) is 10.8. The van der Waals surface area contributed by atoms with Crippen LogP contribution in [0.4, 0.5) is 11.4 Å². The summed E-state index contributed by atoms with van der Waals surface area (Å²) in [7, 11) is 1.65. The number of hydrogen-bond acceptors (Lipinski definition) is 7. The molecule has 0 radical (unpaired) electrons. The van der Waals surface area contributed by atoms with E-state index in [0.29, 0.717) is 5.69 Å². The molecule has 8 heteroatoms. The van der Waals surface area contributed by atoms with E-state index in [9.17, 15) is 10.1 Å². The van der Waals surface area contributed by atoms with Crippen molar-refractivity contribution >= 4 is 29.4 Å². The fourth-order valence-electron chi connectivity index (χ4n) is 2.41. The molecule has 7 nitrogen and oxygen atoms in total. The summed E-state index contributed by atoms with van der Waals surface area (Å²) < 4.78 is 5.44. The van der Waals surface area contributed by atoms with Crippen LogP contribution in [0.3, 0.4) is 0 Å². The highest BCUT2D eigenvalue weighted by Gasteiger charge is 2.06. The van der Waals surface area contributed by atoms with Gasteiger partial charge in [-0.25, -0.2) is 4.98 Å². The monoisotopic (exact) mass is 394 g/mol. The molecule has 0 unspecified atom stereocenters. The molecule has 1 N–H and O–H groups in total. The van der Waals surface area contributed by atoms with Crippen LogP contribution in [-0.2, 0) is 5.75 Å². The van der Waals surface area contributed by atoms with E-state index in [4.69, 9.17) is 4.74 Å². The Hall–Kier alpha value is -3.39. The van der Waals surface area contributed by atoms with E-state index in [-0.39, 0.29) is 5.69 Å². The summed E-state index contributed by atoms with van der Waals surface area (Å²) in [5.74, 6) is 1.53. The highest BCUT2D eigenvalue weighted by molar-refractivity contribution is 7.98. The fourth-order valence-corrected chi connectivity index (χ4v) is 3.25. The van der Waals surface area contributed by atoms with Crippen molar-refractivity contribution in [2.75, 3.05) is 12.5 Å². The van der Waals surface area contributed by atoms with Crippen LogP contribution in [0.1, 0.15) is 11.1 Å². The smallest absolute Gasteiger partial charge is 0.269 e. The Morgan fingerprint density at radius 1 is 1.21 bits per heavy atom. The second-order valence-corrected chi connectivity index (χ2v) is 6.70. The lowest BCUT2D eigenvalue weighted by Crippen LogP contribution is -1.95. The second kappa shape index (κ2) is 9.52. The molecule has 0 amide bonds. The first-order valence-electron chi connectivity index (χ1n) is 8.40. The second-order valence-electron chi connectivity index (χ2n) is 5.70. The lowest BCUT2D eigenvalue weighted by atomic mass is 10.1. The number of nitrogens with one attached hydrogen (secondary N) is 1. The predicted molar refractivity (Wildman–Crippen MR) is 111 cm³/mol. The first-order chi connectivity index (χ1) is 13.7. The number of methoxy groups -OCH3 is 1. The minimum absolute atomic E-state index is 0.0414. The standard InChI is InChI=1S/C20H18N4O3S/c1-27-19-10-5-15(12-16(19)14-28-20-4-2-3-11-21-20)13-22-23-17-6-8-18(9-7-17)24(25)26/h2-13,23H,14H2,1H3/b22-13-. The van der Waals surface area contributed by atoms with Gasteiger partial charge < -0.3 is 4.74 Å². The van der Waals surface area contributed by atoms with Crippen molar-refractivity contribution in [1.29, 1.82) is 0 Å². The number of hydrogen-bond donors (Lipinski definition) is 1. The van der Waals surface area contributed by atoms with Crippen molar-refractivity contribution in [3.8, 4) is 5.75 Å². The number of nitro groups is 1.